The summed E-state index contributed by atoms with van der Waals surface area (Å²) in [5, 5.41) is 3.23. The van der Waals surface area contributed by atoms with Crippen molar-refractivity contribution in [3.05, 3.63) is 56.7 Å². The molecule has 0 fully saturated rings. The number of hydrogen-bond donors (Lipinski definition) is 1. The first-order valence-electron chi connectivity index (χ1n) is 5.81. The number of carbonyl (C=O) groups excluding carboxylic acids is 1. The molecule has 1 N–H and O–H groups in total. The fraction of sp³-hybridized carbons (Fsp3) is 0.214. The molecule has 0 bridgehead atoms. The van der Waals surface area contributed by atoms with Gasteiger partial charge in [-0.05, 0) is 33.6 Å². The number of benzene rings is 1. The van der Waals surface area contributed by atoms with E-state index in [0.29, 0.717) is 6.54 Å². The molecule has 0 radical (unpaired) electrons. The van der Waals surface area contributed by atoms with Gasteiger partial charge in [0, 0.05) is 11.4 Å². The predicted octanol–water partition coefficient (Wildman–Crippen LogP) is 3.51. The van der Waals surface area contributed by atoms with Gasteiger partial charge in [0.2, 0.25) is 0 Å². The fourth-order valence-corrected chi connectivity index (χ4v) is 3.20. The van der Waals surface area contributed by atoms with Crippen molar-refractivity contribution in [2.75, 3.05) is 7.11 Å². The van der Waals surface area contributed by atoms with Crippen molar-refractivity contribution < 1.29 is 9.53 Å². The molecule has 19 heavy (non-hydrogen) atoms. The number of ether oxygens (including phenoxy) is 1. The first-order valence-corrected chi connectivity index (χ1v) is 7.42. The largest absolute Gasteiger partial charge is 0.468 e. The van der Waals surface area contributed by atoms with Crippen LogP contribution in [0.1, 0.15) is 16.5 Å². The Morgan fingerprint density at radius 2 is 2.05 bits per heavy atom. The maximum absolute atomic E-state index is 11.8. The van der Waals surface area contributed by atoms with E-state index < -0.39 is 6.04 Å². The predicted molar refractivity (Wildman–Crippen MR) is 80.1 cm³/mol. The summed E-state index contributed by atoms with van der Waals surface area (Å²) in [6, 6.07) is 13.4. The Kier molecular flexibility index (Phi) is 5.13. The van der Waals surface area contributed by atoms with Gasteiger partial charge < -0.3 is 4.74 Å². The average molecular weight is 340 g/mol. The van der Waals surface area contributed by atoms with Crippen molar-refractivity contribution in [3.8, 4) is 0 Å². The van der Waals surface area contributed by atoms with Crippen LogP contribution in [0, 0.1) is 0 Å². The molecule has 0 saturated carbocycles. The molecule has 0 amide bonds. The Balaban J connectivity index is 2.09. The van der Waals surface area contributed by atoms with E-state index in [4.69, 9.17) is 4.74 Å². The van der Waals surface area contributed by atoms with Crippen LogP contribution in [0.3, 0.4) is 0 Å². The molecule has 0 aliphatic carbocycles. The Morgan fingerprint density at radius 1 is 1.32 bits per heavy atom. The summed E-state index contributed by atoms with van der Waals surface area (Å²) in [6.45, 7) is 0.621. The lowest BCUT2D eigenvalue weighted by molar-refractivity contribution is -0.143. The molecule has 1 aromatic heterocycles. The summed E-state index contributed by atoms with van der Waals surface area (Å²) < 4.78 is 5.85. The highest BCUT2D eigenvalue weighted by Crippen LogP contribution is 2.28. The summed E-state index contributed by atoms with van der Waals surface area (Å²) in [4.78, 5) is 12.8. The van der Waals surface area contributed by atoms with Crippen molar-refractivity contribution >= 4 is 33.2 Å². The number of thiophene rings is 1. The highest BCUT2D eigenvalue weighted by atomic mass is 79.9. The summed E-state index contributed by atoms with van der Waals surface area (Å²) in [5.41, 5.74) is 1.13. The molecular weight excluding hydrogens is 326 g/mol. The standard InChI is InChI=1S/C14H14BrNO2S/c1-18-14(17)13(11-7-8-12(15)19-11)16-9-10-5-3-2-4-6-10/h2-8,13,16H,9H2,1H3. The number of carbonyl (C=O) groups is 1. The molecule has 3 nitrogen and oxygen atoms in total. The molecule has 1 atom stereocenters. The minimum absolute atomic E-state index is 0.273. The second-order valence-corrected chi connectivity index (χ2v) is 6.46. The maximum atomic E-state index is 11.8. The van der Waals surface area contributed by atoms with Crippen molar-refractivity contribution in [2.24, 2.45) is 0 Å². The van der Waals surface area contributed by atoms with Crippen LogP contribution in [0.5, 0.6) is 0 Å². The van der Waals surface area contributed by atoms with Crippen molar-refractivity contribution in [3.63, 3.8) is 0 Å². The number of nitrogens with one attached hydrogen (secondary N) is 1. The molecule has 1 unspecified atom stereocenters. The van der Waals surface area contributed by atoms with Crippen molar-refractivity contribution in [1.29, 1.82) is 0 Å². The van der Waals surface area contributed by atoms with E-state index in [0.717, 1.165) is 14.2 Å². The topological polar surface area (TPSA) is 38.3 Å². The summed E-state index contributed by atoms with van der Waals surface area (Å²) in [5.74, 6) is -0.273. The Morgan fingerprint density at radius 3 is 2.63 bits per heavy atom. The Bertz CT molecular complexity index is 541. The number of hydrogen-bond acceptors (Lipinski definition) is 4. The molecule has 2 aromatic rings. The van der Waals surface area contributed by atoms with Crippen LogP contribution in [-0.4, -0.2) is 13.1 Å². The molecule has 1 heterocycles. The lowest BCUT2D eigenvalue weighted by atomic mass is 10.2. The maximum Gasteiger partial charge on any atom is 0.328 e. The van der Waals surface area contributed by atoms with E-state index in [1.165, 1.54) is 18.4 Å². The van der Waals surface area contributed by atoms with Gasteiger partial charge in [0.05, 0.1) is 10.9 Å². The van der Waals surface area contributed by atoms with E-state index in [-0.39, 0.29) is 5.97 Å². The van der Waals surface area contributed by atoms with Gasteiger partial charge in [-0.1, -0.05) is 30.3 Å². The van der Waals surface area contributed by atoms with Gasteiger partial charge in [-0.3, -0.25) is 5.32 Å². The highest BCUT2D eigenvalue weighted by Gasteiger charge is 2.22. The summed E-state index contributed by atoms with van der Waals surface area (Å²) >= 11 is 4.93. The lowest BCUT2D eigenvalue weighted by Gasteiger charge is -2.15. The fourth-order valence-electron chi connectivity index (χ4n) is 1.72. The van der Waals surface area contributed by atoms with Crippen LogP contribution in [0.25, 0.3) is 0 Å². The van der Waals surface area contributed by atoms with Crippen LogP contribution in [-0.2, 0) is 16.1 Å². The first kappa shape index (κ1) is 14.2. The molecule has 2 rings (SSSR count). The average Bonchev–Trinajstić information content (AvgIpc) is 2.86. The zero-order valence-corrected chi connectivity index (χ0v) is 12.8. The third-order valence-corrected chi connectivity index (χ3v) is 4.36. The van der Waals surface area contributed by atoms with E-state index >= 15 is 0 Å². The number of halogens is 1. The second-order valence-electron chi connectivity index (χ2n) is 3.96. The quantitative estimate of drug-likeness (QED) is 0.847. The third-order valence-electron chi connectivity index (χ3n) is 2.67. The second kappa shape index (κ2) is 6.84. The van der Waals surface area contributed by atoms with Crippen molar-refractivity contribution in [2.45, 2.75) is 12.6 Å². The molecule has 1 aromatic carbocycles. The van der Waals surface area contributed by atoms with Crippen molar-refractivity contribution in [1.82, 2.24) is 5.32 Å². The number of esters is 1. The Hall–Kier alpha value is -1.17. The molecule has 0 spiro atoms. The molecule has 100 valence electrons. The lowest BCUT2D eigenvalue weighted by Crippen LogP contribution is -2.28. The molecule has 0 aliphatic heterocycles. The van der Waals surface area contributed by atoms with Gasteiger partial charge in [-0.25, -0.2) is 4.79 Å². The molecule has 5 heteroatoms. The summed E-state index contributed by atoms with van der Waals surface area (Å²) in [7, 11) is 1.40. The van der Waals surface area contributed by atoms with Gasteiger partial charge in [-0.2, -0.15) is 0 Å². The van der Waals surface area contributed by atoms with Gasteiger partial charge in [0.15, 0.2) is 0 Å². The first-order chi connectivity index (χ1) is 9.20. The zero-order chi connectivity index (χ0) is 13.7. The normalized spacial score (nSPS) is 12.1. The van der Waals surface area contributed by atoms with Crippen LogP contribution in [0.15, 0.2) is 46.3 Å². The van der Waals surface area contributed by atoms with Gasteiger partial charge in [0.1, 0.15) is 6.04 Å². The number of methoxy groups -OCH3 is 1. The highest BCUT2D eigenvalue weighted by molar-refractivity contribution is 9.11. The third kappa shape index (κ3) is 3.89. The SMILES string of the molecule is COC(=O)C(NCc1ccccc1)c1ccc(Br)s1. The van der Waals surface area contributed by atoms with Gasteiger partial charge >= 0.3 is 5.97 Å². The number of rotatable bonds is 5. The van der Waals surface area contributed by atoms with E-state index in [1.54, 1.807) is 0 Å². The summed E-state index contributed by atoms with van der Waals surface area (Å²) in [6.07, 6.45) is 0. The van der Waals surface area contributed by atoms with E-state index in [2.05, 4.69) is 21.2 Å². The van der Waals surface area contributed by atoms with Crippen LogP contribution in [0.4, 0.5) is 0 Å². The van der Waals surface area contributed by atoms with E-state index in [1.807, 2.05) is 42.5 Å². The minimum atomic E-state index is -0.429. The van der Waals surface area contributed by atoms with Crippen LogP contribution < -0.4 is 5.32 Å². The molecule has 0 aliphatic rings. The van der Waals surface area contributed by atoms with E-state index in [9.17, 15) is 4.79 Å². The van der Waals surface area contributed by atoms with Crippen LogP contribution >= 0.6 is 27.3 Å². The Labute approximate surface area is 124 Å². The smallest absolute Gasteiger partial charge is 0.328 e. The molecule has 0 saturated heterocycles. The molecular formula is C14H14BrNO2S. The minimum Gasteiger partial charge on any atom is -0.468 e. The van der Waals surface area contributed by atoms with Gasteiger partial charge in [0.25, 0.3) is 0 Å². The van der Waals surface area contributed by atoms with Gasteiger partial charge in [-0.15, -0.1) is 11.3 Å². The zero-order valence-electron chi connectivity index (χ0n) is 10.4. The van der Waals surface area contributed by atoms with Crippen LogP contribution in [0.2, 0.25) is 0 Å². The monoisotopic (exact) mass is 339 g/mol.